The Labute approximate surface area is 129 Å². The molecule has 3 fully saturated rings. The molecule has 7 heteroatoms. The lowest BCUT2D eigenvalue weighted by Crippen LogP contribution is -2.47. The van der Waals surface area contributed by atoms with Gasteiger partial charge in [0.2, 0.25) is 5.95 Å². The zero-order valence-corrected chi connectivity index (χ0v) is 12.6. The van der Waals surface area contributed by atoms with Crippen LogP contribution in [0.5, 0.6) is 0 Å². The van der Waals surface area contributed by atoms with Gasteiger partial charge in [0.05, 0.1) is 38.5 Å². The molecule has 2 unspecified atom stereocenters. The van der Waals surface area contributed by atoms with E-state index in [1.165, 1.54) is 0 Å². The second kappa shape index (κ2) is 5.59. The molecule has 4 rings (SSSR count). The first-order chi connectivity index (χ1) is 10.3. The summed E-state index contributed by atoms with van der Waals surface area (Å²) in [7, 11) is 0. The van der Waals surface area contributed by atoms with Gasteiger partial charge in [0.25, 0.3) is 0 Å². The third kappa shape index (κ3) is 2.56. The van der Waals surface area contributed by atoms with Crippen LogP contribution in [-0.4, -0.2) is 61.6 Å². The van der Waals surface area contributed by atoms with E-state index in [1.807, 2.05) is 6.07 Å². The van der Waals surface area contributed by atoms with Gasteiger partial charge in [0, 0.05) is 19.2 Å². The van der Waals surface area contributed by atoms with E-state index < -0.39 is 0 Å². The molecule has 6 nitrogen and oxygen atoms in total. The quantitative estimate of drug-likeness (QED) is 0.768. The Morgan fingerprint density at radius 3 is 2.48 bits per heavy atom. The largest absolute Gasteiger partial charge is 0.378 e. The highest BCUT2D eigenvalue weighted by atomic mass is 35.5. The Morgan fingerprint density at radius 1 is 1.05 bits per heavy atom. The van der Waals surface area contributed by atoms with Crippen molar-refractivity contribution in [3.05, 3.63) is 11.2 Å². The van der Waals surface area contributed by atoms with Gasteiger partial charge in [0.1, 0.15) is 11.0 Å². The fourth-order valence-corrected chi connectivity index (χ4v) is 3.59. The molecule has 3 aliphatic rings. The summed E-state index contributed by atoms with van der Waals surface area (Å²) in [5.74, 6) is 1.65. The third-order valence-electron chi connectivity index (χ3n) is 4.48. The second-order valence-electron chi connectivity index (χ2n) is 5.78. The van der Waals surface area contributed by atoms with Crippen LogP contribution < -0.4 is 9.80 Å². The highest BCUT2D eigenvalue weighted by Gasteiger charge is 2.39. The maximum Gasteiger partial charge on any atom is 0.229 e. The summed E-state index contributed by atoms with van der Waals surface area (Å²) in [6, 6.07) is 2.62. The van der Waals surface area contributed by atoms with Crippen molar-refractivity contribution in [2.45, 2.75) is 24.9 Å². The molecule has 3 aliphatic heterocycles. The van der Waals surface area contributed by atoms with E-state index in [9.17, 15) is 0 Å². The summed E-state index contributed by atoms with van der Waals surface area (Å²) < 4.78 is 11.0. The van der Waals surface area contributed by atoms with Crippen LogP contribution in [-0.2, 0) is 9.47 Å². The molecule has 4 heterocycles. The monoisotopic (exact) mass is 310 g/mol. The van der Waals surface area contributed by atoms with Gasteiger partial charge in [-0.15, -0.1) is 0 Å². The van der Waals surface area contributed by atoms with Gasteiger partial charge >= 0.3 is 0 Å². The van der Waals surface area contributed by atoms with Crippen molar-refractivity contribution in [3.63, 3.8) is 0 Å². The molecule has 0 amide bonds. The number of anilines is 2. The minimum atomic E-state index is 0.389. The van der Waals surface area contributed by atoms with E-state index in [4.69, 9.17) is 26.1 Å². The Kier molecular flexibility index (Phi) is 3.61. The Bertz CT molecular complexity index is 508. The maximum absolute atomic E-state index is 6.24. The van der Waals surface area contributed by atoms with Gasteiger partial charge < -0.3 is 19.3 Å². The van der Waals surface area contributed by atoms with Crippen molar-refractivity contribution in [1.29, 1.82) is 0 Å². The molecular formula is C14H19ClN4O2. The van der Waals surface area contributed by atoms with E-state index >= 15 is 0 Å². The third-order valence-corrected chi connectivity index (χ3v) is 4.67. The number of hydrogen-bond donors (Lipinski definition) is 0. The lowest BCUT2D eigenvalue weighted by molar-refractivity contribution is 0.0897. The lowest BCUT2D eigenvalue weighted by Gasteiger charge is -2.35. The normalized spacial score (nSPS) is 29.0. The van der Waals surface area contributed by atoms with Gasteiger partial charge in [-0.2, -0.15) is 4.98 Å². The van der Waals surface area contributed by atoms with Crippen LogP contribution in [0.4, 0.5) is 11.8 Å². The molecule has 0 N–H and O–H groups in total. The van der Waals surface area contributed by atoms with Crippen molar-refractivity contribution < 1.29 is 9.47 Å². The molecule has 0 aliphatic carbocycles. The lowest BCUT2D eigenvalue weighted by atomic mass is 10.2. The molecule has 114 valence electrons. The molecule has 1 aromatic heterocycles. The molecule has 2 atom stereocenters. The van der Waals surface area contributed by atoms with Crippen LogP contribution in [0.15, 0.2) is 6.07 Å². The van der Waals surface area contributed by atoms with E-state index in [0.717, 1.165) is 64.1 Å². The number of hydrogen-bond acceptors (Lipinski definition) is 6. The van der Waals surface area contributed by atoms with E-state index in [1.54, 1.807) is 0 Å². The molecule has 1 aromatic rings. The number of halogens is 1. The standard InChI is InChI=1S/C14H19ClN4O2/c15-12-7-13(18-3-5-20-6-4-18)17-14(16-12)19-10-1-2-11(19)9-21-8-10/h7,10-11H,1-6,8-9H2. The second-order valence-corrected chi connectivity index (χ2v) is 6.17. The smallest absolute Gasteiger partial charge is 0.229 e. The summed E-state index contributed by atoms with van der Waals surface area (Å²) in [6.45, 7) is 4.70. The van der Waals surface area contributed by atoms with Crippen LogP contribution in [0.25, 0.3) is 0 Å². The van der Waals surface area contributed by atoms with Gasteiger partial charge in [-0.05, 0) is 12.8 Å². The Balaban J connectivity index is 1.64. The molecule has 21 heavy (non-hydrogen) atoms. The van der Waals surface area contributed by atoms with Crippen LogP contribution in [0, 0.1) is 0 Å². The number of nitrogens with zero attached hydrogens (tertiary/aromatic N) is 4. The predicted octanol–water partition coefficient (Wildman–Crippen LogP) is 1.33. The first-order valence-corrected chi connectivity index (χ1v) is 7.92. The van der Waals surface area contributed by atoms with Crippen LogP contribution >= 0.6 is 11.6 Å². The number of aromatic nitrogens is 2. The summed E-state index contributed by atoms with van der Waals surface area (Å²) in [6.07, 6.45) is 2.29. The molecule has 0 spiro atoms. The maximum atomic E-state index is 6.24. The van der Waals surface area contributed by atoms with Crippen molar-refractivity contribution in [2.75, 3.05) is 49.3 Å². The fourth-order valence-electron chi connectivity index (χ4n) is 3.42. The summed E-state index contributed by atoms with van der Waals surface area (Å²) in [5, 5.41) is 0.507. The molecular weight excluding hydrogens is 292 g/mol. The molecule has 2 bridgehead atoms. The summed E-state index contributed by atoms with van der Waals surface area (Å²) in [5.41, 5.74) is 0. The topological polar surface area (TPSA) is 50.7 Å². The number of fused-ring (bicyclic) bond motifs is 2. The minimum Gasteiger partial charge on any atom is -0.378 e. The van der Waals surface area contributed by atoms with Gasteiger partial charge in [-0.3, -0.25) is 0 Å². The van der Waals surface area contributed by atoms with E-state index in [-0.39, 0.29) is 0 Å². The van der Waals surface area contributed by atoms with Crippen molar-refractivity contribution in [3.8, 4) is 0 Å². The molecule has 0 radical (unpaired) electrons. The van der Waals surface area contributed by atoms with E-state index in [0.29, 0.717) is 17.2 Å². The average molecular weight is 311 g/mol. The SMILES string of the molecule is Clc1cc(N2CCOCC2)nc(N2C3CCC2COC3)n1. The molecule has 0 saturated carbocycles. The first kappa shape index (κ1) is 13.5. The minimum absolute atomic E-state index is 0.389. The number of morpholine rings is 2. The fraction of sp³-hybridized carbons (Fsp3) is 0.714. The van der Waals surface area contributed by atoms with Crippen molar-refractivity contribution in [1.82, 2.24) is 9.97 Å². The Morgan fingerprint density at radius 2 is 1.76 bits per heavy atom. The summed E-state index contributed by atoms with van der Waals surface area (Å²) in [4.78, 5) is 13.7. The molecule has 3 saturated heterocycles. The highest BCUT2D eigenvalue weighted by Crippen LogP contribution is 2.33. The zero-order valence-electron chi connectivity index (χ0n) is 11.9. The predicted molar refractivity (Wildman–Crippen MR) is 80.2 cm³/mol. The first-order valence-electron chi connectivity index (χ1n) is 7.54. The van der Waals surface area contributed by atoms with Crippen molar-refractivity contribution >= 4 is 23.4 Å². The van der Waals surface area contributed by atoms with Crippen molar-refractivity contribution in [2.24, 2.45) is 0 Å². The van der Waals surface area contributed by atoms with Crippen LogP contribution in [0.1, 0.15) is 12.8 Å². The summed E-state index contributed by atoms with van der Waals surface area (Å²) >= 11 is 6.24. The Hall–Kier alpha value is -1.11. The van der Waals surface area contributed by atoms with Gasteiger partial charge in [0.15, 0.2) is 0 Å². The number of ether oxygens (including phenoxy) is 2. The average Bonchev–Trinajstić information content (AvgIpc) is 2.77. The van der Waals surface area contributed by atoms with Crippen LogP contribution in [0.3, 0.4) is 0 Å². The number of rotatable bonds is 2. The highest BCUT2D eigenvalue weighted by molar-refractivity contribution is 6.29. The zero-order chi connectivity index (χ0) is 14.2. The van der Waals surface area contributed by atoms with Gasteiger partial charge in [-0.25, -0.2) is 4.98 Å². The molecule has 0 aromatic carbocycles. The van der Waals surface area contributed by atoms with Gasteiger partial charge in [-0.1, -0.05) is 11.6 Å². The van der Waals surface area contributed by atoms with E-state index in [2.05, 4.69) is 14.8 Å². The van der Waals surface area contributed by atoms with Crippen LogP contribution in [0.2, 0.25) is 5.15 Å².